The SMILES string of the molecule is N=C(N)c1ccc(C#CCCCNCCCCCCCN=C(N)N)cc1. The smallest absolute Gasteiger partial charge is 0.185 e. The number of nitrogens with zero attached hydrogens (tertiary/aromatic N) is 1. The van der Waals surface area contributed by atoms with Crippen molar-refractivity contribution in [1.82, 2.24) is 5.32 Å². The molecule has 0 amide bonds. The standard InChI is InChI=1S/C20H32N6/c21-19(22)18-12-10-17(11-13-18)9-5-4-7-15-25-14-6-2-1-3-8-16-26-20(23)24/h10-13,25H,1-4,6-8,14-16H2,(H3,21,22)(H4,23,24,26). The molecule has 6 nitrogen and oxygen atoms in total. The summed E-state index contributed by atoms with van der Waals surface area (Å²) in [5.74, 6) is 6.59. The van der Waals surface area contributed by atoms with E-state index in [2.05, 4.69) is 22.2 Å². The van der Waals surface area contributed by atoms with Gasteiger partial charge in [-0.1, -0.05) is 43.2 Å². The second kappa shape index (κ2) is 13.7. The Balaban J connectivity index is 1.95. The van der Waals surface area contributed by atoms with Crippen molar-refractivity contribution in [3.05, 3.63) is 35.4 Å². The third-order valence-corrected chi connectivity index (χ3v) is 3.89. The third kappa shape index (κ3) is 11.1. The van der Waals surface area contributed by atoms with Crippen molar-refractivity contribution in [2.45, 2.75) is 44.9 Å². The third-order valence-electron chi connectivity index (χ3n) is 3.89. The first-order chi connectivity index (χ1) is 12.6. The van der Waals surface area contributed by atoms with Crippen LogP contribution >= 0.6 is 0 Å². The Kier molecular flexibility index (Phi) is 11.4. The molecular formula is C20H32N6. The van der Waals surface area contributed by atoms with Crippen LogP contribution in [-0.4, -0.2) is 31.4 Å². The van der Waals surface area contributed by atoms with E-state index in [1.165, 1.54) is 25.7 Å². The van der Waals surface area contributed by atoms with E-state index in [0.717, 1.165) is 50.0 Å². The highest BCUT2D eigenvalue weighted by molar-refractivity contribution is 5.94. The van der Waals surface area contributed by atoms with E-state index >= 15 is 0 Å². The van der Waals surface area contributed by atoms with Crippen LogP contribution in [-0.2, 0) is 0 Å². The van der Waals surface area contributed by atoms with Crippen LogP contribution in [0.15, 0.2) is 29.3 Å². The molecule has 0 aliphatic carbocycles. The number of amidine groups is 1. The van der Waals surface area contributed by atoms with E-state index in [0.29, 0.717) is 0 Å². The monoisotopic (exact) mass is 356 g/mol. The maximum absolute atomic E-state index is 7.35. The lowest BCUT2D eigenvalue weighted by Gasteiger charge is -2.03. The number of benzene rings is 1. The van der Waals surface area contributed by atoms with E-state index in [1.807, 2.05) is 24.3 Å². The second-order valence-electron chi connectivity index (χ2n) is 6.22. The van der Waals surface area contributed by atoms with E-state index in [1.54, 1.807) is 0 Å². The maximum atomic E-state index is 7.35. The molecule has 0 heterocycles. The molecule has 0 fully saturated rings. The average molecular weight is 357 g/mol. The van der Waals surface area contributed by atoms with Gasteiger partial charge in [-0.05, 0) is 44.5 Å². The fourth-order valence-corrected chi connectivity index (χ4v) is 2.42. The largest absolute Gasteiger partial charge is 0.384 e. The van der Waals surface area contributed by atoms with Gasteiger partial charge in [0.2, 0.25) is 0 Å². The lowest BCUT2D eigenvalue weighted by atomic mass is 10.1. The van der Waals surface area contributed by atoms with Crippen molar-refractivity contribution in [2.24, 2.45) is 22.2 Å². The van der Waals surface area contributed by atoms with Crippen molar-refractivity contribution in [1.29, 1.82) is 5.41 Å². The molecule has 0 bridgehead atoms. The molecule has 0 unspecified atom stereocenters. The number of guanidine groups is 1. The van der Waals surface area contributed by atoms with Gasteiger partial charge in [0, 0.05) is 24.1 Å². The number of hydrogen-bond acceptors (Lipinski definition) is 3. The Morgan fingerprint density at radius 2 is 1.58 bits per heavy atom. The molecule has 0 saturated heterocycles. The van der Waals surface area contributed by atoms with E-state index in [-0.39, 0.29) is 11.8 Å². The normalized spacial score (nSPS) is 10.0. The topological polar surface area (TPSA) is 126 Å². The fraction of sp³-hybridized carbons (Fsp3) is 0.500. The first kappa shape index (κ1) is 21.5. The zero-order valence-electron chi connectivity index (χ0n) is 15.6. The Morgan fingerprint density at radius 1 is 0.923 bits per heavy atom. The molecule has 8 N–H and O–H groups in total. The van der Waals surface area contributed by atoms with Crippen LogP contribution in [0.25, 0.3) is 0 Å². The van der Waals surface area contributed by atoms with E-state index in [4.69, 9.17) is 22.6 Å². The molecule has 0 spiro atoms. The number of unbranched alkanes of at least 4 members (excludes halogenated alkanes) is 5. The van der Waals surface area contributed by atoms with Crippen molar-refractivity contribution in [2.75, 3.05) is 19.6 Å². The minimum absolute atomic E-state index is 0.0847. The fourth-order valence-electron chi connectivity index (χ4n) is 2.42. The number of nitrogens with two attached hydrogens (primary N) is 3. The van der Waals surface area contributed by atoms with Crippen LogP contribution in [0.5, 0.6) is 0 Å². The Bertz CT molecular complexity index is 605. The highest BCUT2D eigenvalue weighted by atomic mass is 15.0. The summed E-state index contributed by atoms with van der Waals surface area (Å²) in [4.78, 5) is 3.97. The molecule has 0 aliphatic rings. The van der Waals surface area contributed by atoms with Crippen LogP contribution < -0.4 is 22.5 Å². The van der Waals surface area contributed by atoms with Crippen LogP contribution in [0.2, 0.25) is 0 Å². The number of hydrogen-bond donors (Lipinski definition) is 5. The second-order valence-corrected chi connectivity index (χ2v) is 6.22. The van der Waals surface area contributed by atoms with Gasteiger partial charge in [0.1, 0.15) is 5.84 Å². The van der Waals surface area contributed by atoms with Gasteiger partial charge < -0.3 is 22.5 Å². The Labute approximate surface area is 157 Å². The van der Waals surface area contributed by atoms with Gasteiger partial charge >= 0.3 is 0 Å². The predicted molar refractivity (Wildman–Crippen MR) is 110 cm³/mol. The molecule has 0 radical (unpaired) electrons. The number of aliphatic imine (C=N–C) groups is 1. The van der Waals surface area contributed by atoms with Crippen molar-refractivity contribution in [3.8, 4) is 11.8 Å². The quantitative estimate of drug-likeness (QED) is 0.170. The van der Waals surface area contributed by atoms with Crippen LogP contribution in [0.4, 0.5) is 0 Å². The molecule has 1 rings (SSSR count). The molecular weight excluding hydrogens is 324 g/mol. The summed E-state index contributed by atoms with van der Waals surface area (Å²) in [5, 5.41) is 10.8. The van der Waals surface area contributed by atoms with Gasteiger partial charge in [0.25, 0.3) is 0 Å². The van der Waals surface area contributed by atoms with E-state index in [9.17, 15) is 0 Å². The molecule has 6 heteroatoms. The summed E-state index contributed by atoms with van der Waals surface area (Å²) < 4.78 is 0. The molecule has 0 aromatic heterocycles. The van der Waals surface area contributed by atoms with Gasteiger partial charge in [0.05, 0.1) is 0 Å². The highest BCUT2D eigenvalue weighted by Crippen LogP contribution is 2.03. The van der Waals surface area contributed by atoms with Gasteiger partial charge in [0.15, 0.2) is 5.96 Å². The summed E-state index contributed by atoms with van der Waals surface area (Å²) in [5.41, 5.74) is 17.7. The van der Waals surface area contributed by atoms with Gasteiger partial charge in [-0.15, -0.1) is 0 Å². The van der Waals surface area contributed by atoms with Gasteiger partial charge in [-0.25, -0.2) is 0 Å². The number of rotatable bonds is 12. The van der Waals surface area contributed by atoms with Gasteiger partial charge in [-0.3, -0.25) is 10.4 Å². The molecule has 1 aromatic rings. The van der Waals surface area contributed by atoms with Crippen LogP contribution in [0, 0.1) is 17.3 Å². The molecule has 1 aromatic carbocycles. The number of nitrogens with one attached hydrogen (secondary N) is 2. The minimum Gasteiger partial charge on any atom is -0.384 e. The summed E-state index contributed by atoms with van der Waals surface area (Å²) in [7, 11) is 0. The van der Waals surface area contributed by atoms with Crippen molar-refractivity contribution >= 4 is 11.8 Å². The number of nitrogen functional groups attached to an aromatic ring is 1. The average Bonchev–Trinajstić information content (AvgIpc) is 2.62. The van der Waals surface area contributed by atoms with Crippen LogP contribution in [0.1, 0.15) is 56.1 Å². The highest BCUT2D eigenvalue weighted by Gasteiger charge is 1.94. The zero-order valence-corrected chi connectivity index (χ0v) is 15.6. The van der Waals surface area contributed by atoms with Gasteiger partial charge in [-0.2, -0.15) is 0 Å². The first-order valence-corrected chi connectivity index (χ1v) is 9.29. The zero-order chi connectivity index (χ0) is 19.0. The molecule has 142 valence electrons. The van der Waals surface area contributed by atoms with E-state index < -0.39 is 0 Å². The molecule has 0 aliphatic heterocycles. The predicted octanol–water partition coefficient (Wildman–Crippen LogP) is 1.92. The summed E-state index contributed by atoms with van der Waals surface area (Å²) in [6.45, 7) is 2.80. The first-order valence-electron chi connectivity index (χ1n) is 9.29. The maximum Gasteiger partial charge on any atom is 0.185 e. The summed E-state index contributed by atoms with van der Waals surface area (Å²) in [6, 6.07) is 7.46. The van der Waals surface area contributed by atoms with Crippen molar-refractivity contribution < 1.29 is 0 Å². The lowest BCUT2D eigenvalue weighted by Crippen LogP contribution is -2.22. The minimum atomic E-state index is 0.0847. The summed E-state index contributed by atoms with van der Waals surface area (Å²) in [6.07, 6.45) is 7.85. The van der Waals surface area contributed by atoms with Crippen molar-refractivity contribution in [3.63, 3.8) is 0 Å². The molecule has 26 heavy (non-hydrogen) atoms. The lowest BCUT2D eigenvalue weighted by molar-refractivity contribution is 0.572. The summed E-state index contributed by atoms with van der Waals surface area (Å²) >= 11 is 0. The molecule has 0 atom stereocenters. The Morgan fingerprint density at radius 3 is 2.27 bits per heavy atom. The Hall–Kier alpha value is -2.52. The van der Waals surface area contributed by atoms with Crippen LogP contribution in [0.3, 0.4) is 0 Å². The molecule has 0 saturated carbocycles.